The summed E-state index contributed by atoms with van der Waals surface area (Å²) in [5.41, 5.74) is -0.509. The second-order valence-electron chi connectivity index (χ2n) is 4.83. The Hall–Kier alpha value is -1.26. The van der Waals surface area contributed by atoms with E-state index in [2.05, 4.69) is 5.32 Å². The van der Waals surface area contributed by atoms with Crippen molar-refractivity contribution < 1.29 is 19.4 Å². The normalized spacial score (nSPS) is 13.0. The molecule has 0 heterocycles. The first kappa shape index (κ1) is 14.7. The van der Waals surface area contributed by atoms with Crippen LogP contribution in [0.2, 0.25) is 0 Å². The van der Waals surface area contributed by atoms with Gasteiger partial charge in [-0.1, -0.05) is 0 Å². The maximum absolute atomic E-state index is 11.3. The number of hydrogen-bond acceptors (Lipinski definition) is 3. The van der Waals surface area contributed by atoms with Crippen LogP contribution in [0.3, 0.4) is 0 Å². The minimum atomic E-state index is -0.815. The van der Waals surface area contributed by atoms with Gasteiger partial charge in [0.1, 0.15) is 5.60 Å². The number of carbonyl (C=O) groups excluding carboxylic acids is 1. The average molecular weight is 231 g/mol. The monoisotopic (exact) mass is 231 g/mol. The number of nitrogens with one attached hydrogen (secondary N) is 1. The molecule has 0 aromatic rings. The fourth-order valence-corrected chi connectivity index (χ4v) is 1.14. The van der Waals surface area contributed by atoms with E-state index in [0.717, 1.165) is 0 Å². The molecule has 0 spiro atoms. The third-order valence-corrected chi connectivity index (χ3v) is 1.79. The average Bonchev–Trinajstić information content (AvgIpc) is 1.98. The van der Waals surface area contributed by atoms with Crippen molar-refractivity contribution in [3.05, 3.63) is 0 Å². The van der Waals surface area contributed by atoms with E-state index in [9.17, 15) is 9.59 Å². The van der Waals surface area contributed by atoms with Crippen molar-refractivity contribution in [1.29, 1.82) is 0 Å². The fraction of sp³-hybridized carbons (Fsp3) is 0.818. The van der Waals surface area contributed by atoms with Gasteiger partial charge >= 0.3 is 12.1 Å². The first-order chi connectivity index (χ1) is 7.20. The Morgan fingerprint density at radius 1 is 1.38 bits per heavy atom. The maximum atomic E-state index is 11.3. The van der Waals surface area contributed by atoms with E-state index in [4.69, 9.17) is 9.84 Å². The molecule has 0 aliphatic carbocycles. The number of ether oxygens (including phenoxy) is 1. The molecule has 0 bridgehead atoms. The van der Waals surface area contributed by atoms with Gasteiger partial charge in [-0.25, -0.2) is 4.79 Å². The van der Waals surface area contributed by atoms with E-state index in [1.165, 1.54) is 0 Å². The van der Waals surface area contributed by atoms with Gasteiger partial charge in [0.2, 0.25) is 0 Å². The number of hydrogen-bond donors (Lipinski definition) is 2. The van der Waals surface area contributed by atoms with E-state index in [0.29, 0.717) is 12.8 Å². The van der Waals surface area contributed by atoms with E-state index in [-0.39, 0.29) is 12.5 Å². The van der Waals surface area contributed by atoms with Gasteiger partial charge in [0.15, 0.2) is 0 Å². The van der Waals surface area contributed by atoms with Crippen LogP contribution in [0.5, 0.6) is 0 Å². The molecule has 0 aromatic heterocycles. The molecule has 94 valence electrons. The molecule has 0 aliphatic rings. The quantitative estimate of drug-likeness (QED) is 0.760. The first-order valence-electron chi connectivity index (χ1n) is 5.42. The molecule has 2 N–H and O–H groups in total. The predicted octanol–water partition coefficient (Wildman–Crippen LogP) is 2.15. The molecule has 0 radical (unpaired) electrons. The zero-order valence-corrected chi connectivity index (χ0v) is 10.4. The Balaban J connectivity index is 3.74. The number of rotatable bonds is 5. The van der Waals surface area contributed by atoms with Gasteiger partial charge in [-0.2, -0.15) is 0 Å². The summed E-state index contributed by atoms with van der Waals surface area (Å²) in [7, 11) is 0. The van der Waals surface area contributed by atoms with Crippen LogP contribution in [0.4, 0.5) is 4.79 Å². The van der Waals surface area contributed by atoms with Crippen molar-refractivity contribution in [1.82, 2.24) is 5.32 Å². The van der Waals surface area contributed by atoms with Crippen molar-refractivity contribution in [3.63, 3.8) is 0 Å². The molecular formula is C11H21NO4. The molecule has 0 aliphatic heterocycles. The van der Waals surface area contributed by atoms with Crippen LogP contribution in [0.1, 0.15) is 47.0 Å². The first-order valence-corrected chi connectivity index (χ1v) is 5.42. The summed E-state index contributed by atoms with van der Waals surface area (Å²) < 4.78 is 5.07. The molecule has 0 rings (SSSR count). The van der Waals surface area contributed by atoms with Crippen LogP contribution >= 0.6 is 0 Å². The lowest BCUT2D eigenvalue weighted by atomic mass is 10.1. The highest BCUT2D eigenvalue weighted by Crippen LogP contribution is 2.07. The largest absolute Gasteiger partial charge is 0.481 e. The lowest BCUT2D eigenvalue weighted by Crippen LogP contribution is -2.37. The van der Waals surface area contributed by atoms with Gasteiger partial charge < -0.3 is 15.2 Å². The molecule has 1 amide bonds. The summed E-state index contributed by atoms with van der Waals surface area (Å²) in [6, 6.07) is -0.0748. The zero-order valence-electron chi connectivity index (χ0n) is 10.4. The standard InChI is InChI=1S/C11H21NO4/c1-8(6-5-7-9(13)14)12-10(15)16-11(2,3)4/h8H,5-7H2,1-4H3,(H,12,15)(H,13,14)/t8-/m1/s1. The molecule has 16 heavy (non-hydrogen) atoms. The lowest BCUT2D eigenvalue weighted by molar-refractivity contribution is -0.137. The SMILES string of the molecule is C[C@H](CCCC(=O)O)NC(=O)OC(C)(C)C. The Morgan fingerprint density at radius 2 is 1.94 bits per heavy atom. The van der Waals surface area contributed by atoms with Gasteiger partial charge in [0.25, 0.3) is 0 Å². The zero-order chi connectivity index (χ0) is 12.8. The Labute approximate surface area is 96.2 Å². The van der Waals surface area contributed by atoms with Crippen LogP contribution < -0.4 is 5.32 Å². The third-order valence-electron chi connectivity index (χ3n) is 1.79. The molecule has 0 unspecified atom stereocenters. The second kappa shape index (κ2) is 6.35. The molecule has 0 saturated carbocycles. The van der Waals surface area contributed by atoms with Crippen LogP contribution in [-0.2, 0) is 9.53 Å². The highest BCUT2D eigenvalue weighted by atomic mass is 16.6. The van der Waals surface area contributed by atoms with Gasteiger partial charge in [-0.3, -0.25) is 4.79 Å². The Morgan fingerprint density at radius 3 is 2.38 bits per heavy atom. The molecule has 5 heteroatoms. The Kier molecular flexibility index (Phi) is 5.85. The van der Waals surface area contributed by atoms with Crippen molar-refractivity contribution in [2.45, 2.75) is 58.6 Å². The van der Waals surface area contributed by atoms with Crippen LogP contribution in [-0.4, -0.2) is 28.8 Å². The van der Waals surface area contributed by atoms with Gasteiger partial charge in [0, 0.05) is 12.5 Å². The van der Waals surface area contributed by atoms with Gasteiger partial charge in [-0.05, 0) is 40.5 Å². The lowest BCUT2D eigenvalue weighted by Gasteiger charge is -2.21. The number of carboxylic acids is 1. The third kappa shape index (κ3) is 9.30. The highest BCUT2D eigenvalue weighted by molar-refractivity contribution is 5.68. The summed E-state index contributed by atoms with van der Waals surface area (Å²) in [5.74, 6) is -0.815. The number of amides is 1. The van der Waals surface area contributed by atoms with E-state index >= 15 is 0 Å². The molecular weight excluding hydrogens is 210 g/mol. The van der Waals surface area contributed by atoms with E-state index in [1.807, 2.05) is 6.92 Å². The minimum absolute atomic E-state index is 0.0748. The summed E-state index contributed by atoms with van der Waals surface area (Å²) in [5, 5.41) is 11.1. The minimum Gasteiger partial charge on any atom is -0.481 e. The van der Waals surface area contributed by atoms with Crippen molar-refractivity contribution in [3.8, 4) is 0 Å². The summed E-state index contributed by atoms with van der Waals surface area (Å²) >= 11 is 0. The van der Waals surface area contributed by atoms with Gasteiger partial charge in [-0.15, -0.1) is 0 Å². The van der Waals surface area contributed by atoms with Crippen LogP contribution in [0, 0.1) is 0 Å². The van der Waals surface area contributed by atoms with Crippen molar-refractivity contribution >= 4 is 12.1 Å². The van der Waals surface area contributed by atoms with Crippen molar-refractivity contribution in [2.75, 3.05) is 0 Å². The van der Waals surface area contributed by atoms with Crippen LogP contribution in [0.15, 0.2) is 0 Å². The smallest absolute Gasteiger partial charge is 0.407 e. The maximum Gasteiger partial charge on any atom is 0.407 e. The topological polar surface area (TPSA) is 75.6 Å². The molecule has 1 atom stereocenters. The fourth-order valence-electron chi connectivity index (χ4n) is 1.14. The Bertz CT molecular complexity index is 245. The summed E-state index contributed by atoms with van der Waals surface area (Å²) in [4.78, 5) is 21.6. The van der Waals surface area contributed by atoms with E-state index < -0.39 is 17.7 Å². The predicted molar refractivity (Wildman–Crippen MR) is 60.3 cm³/mol. The summed E-state index contributed by atoms with van der Waals surface area (Å²) in [6.07, 6.45) is 0.841. The van der Waals surface area contributed by atoms with E-state index in [1.54, 1.807) is 20.8 Å². The molecule has 0 fully saturated rings. The molecule has 5 nitrogen and oxygen atoms in total. The summed E-state index contributed by atoms with van der Waals surface area (Å²) in [6.45, 7) is 7.21. The van der Waals surface area contributed by atoms with Gasteiger partial charge in [0.05, 0.1) is 0 Å². The van der Waals surface area contributed by atoms with Crippen molar-refractivity contribution in [2.24, 2.45) is 0 Å². The molecule has 0 aromatic carbocycles. The number of alkyl carbamates (subject to hydrolysis) is 1. The number of carbonyl (C=O) groups is 2. The molecule has 0 saturated heterocycles. The number of aliphatic carboxylic acids is 1. The van der Waals surface area contributed by atoms with Crippen LogP contribution in [0.25, 0.3) is 0 Å². The highest BCUT2D eigenvalue weighted by Gasteiger charge is 2.17. The number of carboxylic acid groups (broad SMARTS) is 1. The second-order valence-corrected chi connectivity index (χ2v) is 4.83.